The number of hydrogen-bond donors (Lipinski definition) is 1. The quantitative estimate of drug-likeness (QED) is 0.313. The lowest BCUT2D eigenvalue weighted by Crippen LogP contribution is -2.14. The summed E-state index contributed by atoms with van der Waals surface area (Å²) in [7, 11) is -0.777. The summed E-state index contributed by atoms with van der Waals surface area (Å²) in [4.78, 5) is 0.201. The van der Waals surface area contributed by atoms with Crippen LogP contribution in [0.5, 0.6) is 11.5 Å². The molecule has 1 aromatic heterocycles. The monoisotopic (exact) mass is 499 g/mol. The lowest BCUT2D eigenvalue weighted by Gasteiger charge is -2.16. The Morgan fingerprint density at radius 2 is 1.39 bits per heavy atom. The zero-order chi connectivity index (χ0) is 25.3. The molecular formula is C29H25NO5S. The highest BCUT2D eigenvalue weighted by atomic mass is 32.2. The Morgan fingerprint density at radius 1 is 0.722 bits per heavy atom. The molecule has 0 aliphatic heterocycles. The fourth-order valence-corrected chi connectivity index (χ4v) is 5.89. The predicted octanol–water partition coefficient (Wildman–Crippen LogP) is 5.64. The number of aliphatic hydroxyl groups is 1. The van der Waals surface area contributed by atoms with Crippen molar-refractivity contribution in [1.82, 2.24) is 3.97 Å². The lowest BCUT2D eigenvalue weighted by atomic mass is 9.98. The predicted molar refractivity (Wildman–Crippen MR) is 140 cm³/mol. The van der Waals surface area contributed by atoms with E-state index in [0.717, 1.165) is 5.39 Å². The number of ether oxygens (including phenoxy) is 2. The zero-order valence-electron chi connectivity index (χ0n) is 19.8. The summed E-state index contributed by atoms with van der Waals surface area (Å²) in [5, 5.41) is 12.0. The number of hydrogen-bond acceptors (Lipinski definition) is 5. The lowest BCUT2D eigenvalue weighted by molar-refractivity contribution is 0.219. The van der Waals surface area contributed by atoms with Crippen molar-refractivity contribution in [2.45, 2.75) is 11.0 Å². The molecule has 36 heavy (non-hydrogen) atoms. The molecule has 182 valence electrons. The molecule has 0 aliphatic carbocycles. The third-order valence-corrected chi connectivity index (χ3v) is 7.88. The highest BCUT2D eigenvalue weighted by Gasteiger charge is 2.24. The Morgan fingerprint density at radius 3 is 2.08 bits per heavy atom. The van der Waals surface area contributed by atoms with E-state index >= 15 is 0 Å². The Balaban J connectivity index is 1.66. The molecule has 6 nitrogen and oxygen atoms in total. The minimum atomic E-state index is -3.88. The Bertz CT molecular complexity index is 1620. The molecule has 4 aromatic carbocycles. The van der Waals surface area contributed by atoms with Crippen LogP contribution in [0.1, 0.15) is 17.2 Å². The van der Waals surface area contributed by atoms with Gasteiger partial charge in [-0.05, 0) is 59.2 Å². The van der Waals surface area contributed by atoms with Gasteiger partial charge in [0.05, 0.1) is 30.3 Å². The van der Waals surface area contributed by atoms with E-state index in [1.54, 1.807) is 74.9 Å². The molecule has 1 heterocycles. The van der Waals surface area contributed by atoms with Gasteiger partial charge >= 0.3 is 0 Å². The minimum absolute atomic E-state index is 0.201. The Hall–Kier alpha value is -4.07. The van der Waals surface area contributed by atoms with Crippen LogP contribution in [0.25, 0.3) is 22.2 Å². The number of aromatic nitrogens is 1. The van der Waals surface area contributed by atoms with Gasteiger partial charge < -0.3 is 14.6 Å². The van der Waals surface area contributed by atoms with Gasteiger partial charge in [-0.15, -0.1) is 0 Å². The normalized spacial score (nSPS) is 12.4. The van der Waals surface area contributed by atoms with Crippen LogP contribution >= 0.6 is 0 Å². The first-order valence-electron chi connectivity index (χ1n) is 11.3. The van der Waals surface area contributed by atoms with E-state index in [0.29, 0.717) is 39.4 Å². The van der Waals surface area contributed by atoms with Crippen LogP contribution in [0.4, 0.5) is 0 Å². The number of para-hydroxylation sites is 1. The number of aliphatic hydroxyl groups excluding tert-OH is 1. The van der Waals surface area contributed by atoms with Crippen molar-refractivity contribution >= 4 is 20.9 Å². The third-order valence-electron chi connectivity index (χ3n) is 6.14. The van der Waals surface area contributed by atoms with Crippen molar-refractivity contribution in [3.63, 3.8) is 0 Å². The van der Waals surface area contributed by atoms with Gasteiger partial charge in [0.15, 0.2) is 0 Å². The number of fused-ring (bicyclic) bond motifs is 1. The second kappa shape index (κ2) is 9.53. The van der Waals surface area contributed by atoms with Crippen LogP contribution in [0, 0.1) is 0 Å². The van der Waals surface area contributed by atoms with E-state index in [1.165, 1.54) is 3.97 Å². The van der Waals surface area contributed by atoms with Gasteiger partial charge in [0.25, 0.3) is 10.0 Å². The maximum atomic E-state index is 13.8. The molecule has 5 rings (SSSR count). The molecule has 1 N–H and O–H groups in total. The standard InChI is InChI=1S/C29H25NO5S/c1-34-24-16-23(17-25(19-24)35-2)29(31)22-11-8-10-20(15-22)28-18-21-9-6-7-14-27(21)30(28)36(32,33)26-12-4-3-5-13-26/h3-19,29,31H,1-2H3. The highest BCUT2D eigenvalue weighted by molar-refractivity contribution is 7.90. The minimum Gasteiger partial charge on any atom is -0.497 e. The molecule has 0 amide bonds. The number of rotatable bonds is 7. The van der Waals surface area contributed by atoms with Gasteiger partial charge in [-0.1, -0.05) is 54.6 Å². The van der Waals surface area contributed by atoms with Gasteiger partial charge in [-0.3, -0.25) is 0 Å². The largest absolute Gasteiger partial charge is 0.497 e. The van der Waals surface area contributed by atoms with Crippen molar-refractivity contribution in [2.75, 3.05) is 14.2 Å². The van der Waals surface area contributed by atoms with Crippen molar-refractivity contribution in [2.24, 2.45) is 0 Å². The average Bonchev–Trinajstić information content (AvgIpc) is 3.33. The maximum absolute atomic E-state index is 13.8. The molecule has 7 heteroatoms. The summed E-state index contributed by atoms with van der Waals surface area (Å²) in [6.07, 6.45) is -0.975. The number of nitrogens with zero attached hydrogens (tertiary/aromatic N) is 1. The van der Waals surface area contributed by atoms with Gasteiger partial charge in [0, 0.05) is 11.5 Å². The Labute approximate surface area is 210 Å². The van der Waals surface area contributed by atoms with Crippen LogP contribution in [0.3, 0.4) is 0 Å². The topological polar surface area (TPSA) is 77.8 Å². The molecule has 1 atom stereocenters. The van der Waals surface area contributed by atoms with Crippen molar-refractivity contribution in [1.29, 1.82) is 0 Å². The zero-order valence-corrected chi connectivity index (χ0v) is 20.6. The van der Waals surface area contributed by atoms with Gasteiger partial charge in [-0.25, -0.2) is 12.4 Å². The summed E-state index contributed by atoms with van der Waals surface area (Å²) in [6, 6.07) is 30.1. The van der Waals surface area contributed by atoms with Gasteiger partial charge in [-0.2, -0.15) is 0 Å². The summed E-state index contributed by atoms with van der Waals surface area (Å²) in [5.41, 5.74) is 2.96. The van der Waals surface area contributed by atoms with E-state index in [2.05, 4.69) is 0 Å². The first-order valence-corrected chi connectivity index (χ1v) is 12.8. The van der Waals surface area contributed by atoms with Crippen molar-refractivity contribution in [3.05, 3.63) is 114 Å². The molecular weight excluding hydrogens is 474 g/mol. The van der Waals surface area contributed by atoms with Crippen LogP contribution < -0.4 is 9.47 Å². The van der Waals surface area contributed by atoms with Gasteiger partial charge in [0.1, 0.15) is 17.6 Å². The highest BCUT2D eigenvalue weighted by Crippen LogP contribution is 2.35. The number of methoxy groups -OCH3 is 2. The first-order chi connectivity index (χ1) is 17.4. The molecule has 1 unspecified atom stereocenters. The SMILES string of the molecule is COc1cc(OC)cc(C(O)c2cccc(-c3cc4ccccc4n3S(=O)(=O)c3ccccc3)c2)c1. The number of benzene rings is 4. The fraction of sp³-hybridized carbons (Fsp3) is 0.103. The molecule has 0 saturated carbocycles. The van der Waals surface area contributed by atoms with Crippen molar-refractivity contribution in [3.8, 4) is 22.8 Å². The molecule has 0 fully saturated rings. The molecule has 5 aromatic rings. The van der Waals surface area contributed by atoms with E-state index in [1.807, 2.05) is 42.5 Å². The van der Waals surface area contributed by atoms with Crippen LogP contribution in [-0.2, 0) is 10.0 Å². The molecule has 0 radical (unpaired) electrons. The summed E-state index contributed by atoms with van der Waals surface area (Å²) in [5.74, 6) is 1.13. The smallest absolute Gasteiger partial charge is 0.268 e. The molecule has 0 spiro atoms. The van der Waals surface area contributed by atoms with E-state index < -0.39 is 16.1 Å². The second-order valence-corrected chi connectivity index (χ2v) is 10.1. The average molecular weight is 500 g/mol. The van der Waals surface area contributed by atoms with Crippen molar-refractivity contribution < 1.29 is 23.0 Å². The maximum Gasteiger partial charge on any atom is 0.268 e. The fourth-order valence-electron chi connectivity index (χ4n) is 4.34. The molecule has 0 bridgehead atoms. The van der Waals surface area contributed by atoms with E-state index in [9.17, 15) is 13.5 Å². The second-order valence-electron chi connectivity index (χ2n) is 8.34. The summed E-state index contributed by atoms with van der Waals surface area (Å²) >= 11 is 0. The third kappa shape index (κ3) is 4.23. The Kier molecular flexibility index (Phi) is 6.26. The summed E-state index contributed by atoms with van der Waals surface area (Å²) < 4.78 is 39.6. The molecule has 0 aliphatic rings. The van der Waals surface area contributed by atoms with Crippen LogP contribution in [0.15, 0.2) is 108 Å². The van der Waals surface area contributed by atoms with Gasteiger partial charge in [0.2, 0.25) is 0 Å². The summed E-state index contributed by atoms with van der Waals surface area (Å²) in [6.45, 7) is 0. The van der Waals surface area contributed by atoms with E-state index in [-0.39, 0.29) is 4.90 Å². The van der Waals surface area contributed by atoms with E-state index in [4.69, 9.17) is 9.47 Å². The van der Waals surface area contributed by atoms with Crippen LogP contribution in [0.2, 0.25) is 0 Å². The van der Waals surface area contributed by atoms with Crippen LogP contribution in [-0.4, -0.2) is 31.7 Å². The molecule has 0 saturated heterocycles. The first kappa shape index (κ1) is 23.7.